The van der Waals surface area contributed by atoms with Gasteiger partial charge < -0.3 is 14.0 Å². The molecule has 0 spiro atoms. The molecule has 28 heavy (non-hydrogen) atoms. The lowest BCUT2D eigenvalue weighted by molar-refractivity contribution is -0.150. The largest absolute Gasteiger partial charge is 0.469 e. The average molecular weight is 408 g/mol. The molecule has 0 N–H and O–H groups in total. The van der Waals surface area contributed by atoms with Gasteiger partial charge in [-0.15, -0.1) is 11.8 Å². The number of esters is 1. The van der Waals surface area contributed by atoms with E-state index in [1.165, 1.54) is 41.8 Å². The van der Waals surface area contributed by atoms with Crippen LogP contribution < -0.4 is 0 Å². The van der Waals surface area contributed by atoms with Crippen LogP contribution in [0.25, 0.3) is 0 Å². The van der Waals surface area contributed by atoms with Crippen molar-refractivity contribution in [3.05, 3.63) is 17.0 Å². The number of carbonyl (C=O) groups excluding carboxylic acids is 1. The molecular formula is C23H37NO3S. The second-order valence-electron chi connectivity index (χ2n) is 9.92. The Hall–Kier alpha value is -0.940. The van der Waals surface area contributed by atoms with Crippen molar-refractivity contribution in [2.24, 2.45) is 5.41 Å². The Morgan fingerprint density at radius 1 is 1.18 bits per heavy atom. The van der Waals surface area contributed by atoms with Crippen molar-refractivity contribution in [2.75, 3.05) is 13.7 Å². The zero-order valence-electron chi connectivity index (χ0n) is 18.5. The maximum atomic E-state index is 12.5. The summed E-state index contributed by atoms with van der Waals surface area (Å²) in [4.78, 5) is 13.9. The zero-order valence-corrected chi connectivity index (χ0v) is 19.3. The summed E-state index contributed by atoms with van der Waals surface area (Å²) in [5.74, 6) is -0.137. The third-order valence-electron chi connectivity index (χ3n) is 5.79. The molecule has 2 aliphatic rings. The van der Waals surface area contributed by atoms with Crippen molar-refractivity contribution in [3.63, 3.8) is 0 Å². The van der Waals surface area contributed by atoms with Gasteiger partial charge >= 0.3 is 5.97 Å². The summed E-state index contributed by atoms with van der Waals surface area (Å²) in [6, 6.07) is 0. The molecule has 1 aliphatic heterocycles. The molecular weight excluding hydrogens is 370 g/mol. The predicted octanol–water partition coefficient (Wildman–Crippen LogP) is 5.18. The lowest BCUT2D eigenvalue weighted by Gasteiger charge is -2.26. The smallest absolute Gasteiger partial charge is 0.311 e. The molecule has 4 nitrogen and oxygen atoms in total. The highest BCUT2D eigenvalue weighted by Crippen LogP contribution is 2.44. The minimum Gasteiger partial charge on any atom is -0.469 e. The van der Waals surface area contributed by atoms with Crippen molar-refractivity contribution in [1.29, 1.82) is 0 Å². The van der Waals surface area contributed by atoms with E-state index in [9.17, 15) is 4.79 Å². The van der Waals surface area contributed by atoms with Gasteiger partial charge in [-0.25, -0.2) is 0 Å². The van der Waals surface area contributed by atoms with Gasteiger partial charge in [0.25, 0.3) is 0 Å². The minimum atomic E-state index is -0.544. The number of rotatable bonds is 6. The molecule has 0 aromatic carbocycles. The second kappa shape index (κ2) is 8.43. The van der Waals surface area contributed by atoms with E-state index in [2.05, 4.69) is 25.3 Å². The van der Waals surface area contributed by atoms with Gasteiger partial charge in [0.05, 0.1) is 18.6 Å². The van der Waals surface area contributed by atoms with E-state index in [0.717, 1.165) is 38.8 Å². The summed E-state index contributed by atoms with van der Waals surface area (Å²) in [6.45, 7) is 12.6. The molecule has 0 bridgehead atoms. The van der Waals surface area contributed by atoms with Crippen molar-refractivity contribution in [1.82, 2.24) is 4.57 Å². The molecule has 0 saturated carbocycles. The summed E-state index contributed by atoms with van der Waals surface area (Å²) in [5, 5.41) is 0. The monoisotopic (exact) mass is 407 g/mol. The molecule has 0 amide bonds. The number of hydrogen-bond acceptors (Lipinski definition) is 4. The fraction of sp³-hybridized carbons (Fsp3) is 0.783. The zero-order chi connectivity index (χ0) is 20.5. The van der Waals surface area contributed by atoms with Gasteiger partial charge in [0.1, 0.15) is 0 Å². The van der Waals surface area contributed by atoms with E-state index in [4.69, 9.17) is 9.47 Å². The van der Waals surface area contributed by atoms with Crippen LogP contribution in [0.15, 0.2) is 4.90 Å². The van der Waals surface area contributed by atoms with Crippen molar-refractivity contribution >= 4 is 17.7 Å². The van der Waals surface area contributed by atoms with E-state index in [0.29, 0.717) is 12.5 Å². The summed E-state index contributed by atoms with van der Waals surface area (Å²) in [7, 11) is 1.49. The summed E-state index contributed by atoms with van der Waals surface area (Å²) < 4.78 is 13.8. The molecule has 0 radical (unpaired) electrons. The van der Waals surface area contributed by atoms with Crippen LogP contribution in [0, 0.1) is 5.41 Å². The number of thioether (sulfide) groups is 1. The first-order chi connectivity index (χ1) is 13.1. The third kappa shape index (κ3) is 4.79. The van der Waals surface area contributed by atoms with Gasteiger partial charge in [0.2, 0.25) is 0 Å². The number of carbonyl (C=O) groups is 1. The maximum absolute atomic E-state index is 12.5. The first-order valence-electron chi connectivity index (χ1n) is 10.7. The van der Waals surface area contributed by atoms with Gasteiger partial charge in [-0.05, 0) is 57.9 Å². The van der Waals surface area contributed by atoms with E-state index < -0.39 is 5.41 Å². The molecule has 1 unspecified atom stereocenters. The van der Waals surface area contributed by atoms with Crippen molar-refractivity contribution in [2.45, 2.75) is 102 Å². The van der Waals surface area contributed by atoms with Crippen LogP contribution in [0.3, 0.4) is 0 Å². The van der Waals surface area contributed by atoms with E-state index in [1.54, 1.807) is 0 Å². The highest BCUT2D eigenvalue weighted by molar-refractivity contribution is 8.00. The molecule has 1 aromatic heterocycles. The van der Waals surface area contributed by atoms with E-state index in [-0.39, 0.29) is 10.7 Å². The molecule has 3 rings (SSSR count). The normalized spacial score (nSPS) is 20.3. The summed E-state index contributed by atoms with van der Waals surface area (Å²) in [5.41, 5.74) is 3.79. The topological polar surface area (TPSA) is 40.5 Å². The van der Waals surface area contributed by atoms with Crippen LogP contribution >= 0.6 is 11.8 Å². The Morgan fingerprint density at radius 2 is 1.89 bits per heavy atom. The maximum Gasteiger partial charge on any atom is 0.311 e. The molecule has 2 heterocycles. The Morgan fingerprint density at radius 3 is 2.50 bits per heavy atom. The van der Waals surface area contributed by atoms with Crippen LogP contribution in [-0.4, -0.2) is 35.1 Å². The number of aromatic nitrogens is 1. The van der Waals surface area contributed by atoms with E-state index >= 15 is 0 Å². The number of methoxy groups -OCH3 is 1. The van der Waals surface area contributed by atoms with Gasteiger partial charge in [-0.1, -0.05) is 20.8 Å². The molecule has 1 fully saturated rings. The molecule has 1 atom stereocenters. The third-order valence-corrected chi connectivity index (χ3v) is 7.09. The molecule has 1 aromatic rings. The van der Waals surface area contributed by atoms with Crippen LogP contribution in [0.2, 0.25) is 0 Å². The quantitative estimate of drug-likeness (QED) is 0.481. The van der Waals surface area contributed by atoms with Crippen molar-refractivity contribution in [3.8, 4) is 0 Å². The van der Waals surface area contributed by atoms with Gasteiger partial charge in [0.15, 0.2) is 0 Å². The lowest BCUT2D eigenvalue weighted by Crippen LogP contribution is -2.30. The van der Waals surface area contributed by atoms with Crippen LogP contribution in [0.4, 0.5) is 0 Å². The van der Waals surface area contributed by atoms with Gasteiger partial charge in [-0.3, -0.25) is 4.79 Å². The second-order valence-corrected chi connectivity index (χ2v) is 11.8. The molecule has 158 valence electrons. The Labute approximate surface area is 174 Å². The Balaban J connectivity index is 2.08. The van der Waals surface area contributed by atoms with Crippen LogP contribution in [0.1, 0.15) is 77.3 Å². The highest BCUT2D eigenvalue weighted by atomic mass is 32.2. The fourth-order valence-corrected chi connectivity index (χ4v) is 5.73. The molecule has 1 aliphatic carbocycles. The number of nitrogens with zero attached hydrogens (tertiary/aromatic N) is 1. The highest BCUT2D eigenvalue weighted by Gasteiger charge is 2.36. The van der Waals surface area contributed by atoms with Gasteiger partial charge in [0, 0.05) is 40.6 Å². The Bertz CT molecular complexity index is 708. The van der Waals surface area contributed by atoms with Crippen LogP contribution in [0.5, 0.6) is 0 Å². The van der Waals surface area contributed by atoms with Gasteiger partial charge in [-0.2, -0.15) is 0 Å². The van der Waals surface area contributed by atoms with Crippen LogP contribution in [-0.2, 0) is 40.1 Å². The summed E-state index contributed by atoms with van der Waals surface area (Å²) in [6.07, 6.45) is 8.09. The SMILES string of the molecule is COC(=O)C(C)(C)Cc1c(SC(C)(C)C)c2c(n1CC1CCCO1)CCCC2. The number of hydrogen-bond donors (Lipinski definition) is 0. The predicted molar refractivity (Wildman–Crippen MR) is 115 cm³/mol. The first kappa shape index (κ1) is 21.8. The van der Waals surface area contributed by atoms with E-state index in [1.807, 2.05) is 25.6 Å². The molecule has 5 heteroatoms. The first-order valence-corrected chi connectivity index (χ1v) is 11.6. The van der Waals surface area contributed by atoms with Crippen molar-refractivity contribution < 1.29 is 14.3 Å². The number of ether oxygens (including phenoxy) is 2. The molecule has 1 saturated heterocycles. The fourth-order valence-electron chi connectivity index (χ4n) is 4.47. The summed E-state index contributed by atoms with van der Waals surface area (Å²) >= 11 is 1.97. The lowest BCUT2D eigenvalue weighted by atomic mass is 9.87. The standard InChI is InChI=1S/C23H37NO3S/c1-22(2,3)28-20-17-11-7-8-12-18(17)24(15-16-10-9-13-27-16)19(20)14-23(4,5)21(25)26-6/h16H,7-15H2,1-6H3. The minimum absolute atomic E-state index is 0.130. The number of fused-ring (bicyclic) bond motifs is 1. The average Bonchev–Trinajstić information content (AvgIpc) is 3.22. The Kier molecular flexibility index (Phi) is 6.55.